The van der Waals surface area contributed by atoms with Crippen LogP contribution in [0.5, 0.6) is 0 Å². The number of amides is 1. The summed E-state index contributed by atoms with van der Waals surface area (Å²) < 4.78 is 7.18. The quantitative estimate of drug-likeness (QED) is 0.793. The van der Waals surface area contributed by atoms with Gasteiger partial charge < -0.3 is 15.2 Å². The van der Waals surface area contributed by atoms with E-state index in [1.165, 1.54) is 0 Å². The maximum atomic E-state index is 12.1. The van der Waals surface area contributed by atoms with Crippen molar-refractivity contribution in [1.29, 1.82) is 0 Å². The van der Waals surface area contributed by atoms with Crippen LogP contribution in [0.3, 0.4) is 0 Å². The number of ether oxygens (including phenoxy) is 1. The van der Waals surface area contributed by atoms with Crippen LogP contribution in [0.4, 0.5) is 0 Å². The molecule has 1 saturated heterocycles. The van der Waals surface area contributed by atoms with Crippen LogP contribution in [0.25, 0.3) is 0 Å². The minimum atomic E-state index is -0.497. The van der Waals surface area contributed by atoms with Crippen LogP contribution in [0.2, 0.25) is 0 Å². The fraction of sp³-hybridized carbons (Fsp3) is 0.750. The first-order valence-corrected chi connectivity index (χ1v) is 8.43. The standard InChI is InChI=1S/C16H26N4O3/c1-12-4-6-17-20(12)7-5-15(21)18-13-2-3-14(16(13)22)19-8-10-23-11-9-19/h4,6,13-14,16,22H,2-3,5,7-11H2,1H3,(H,18,21)/t13-,14-,16-/m1/s1. The smallest absolute Gasteiger partial charge is 0.222 e. The number of carbonyl (C=O) groups is 1. The van der Waals surface area contributed by atoms with Gasteiger partial charge in [-0.1, -0.05) is 0 Å². The summed E-state index contributed by atoms with van der Waals surface area (Å²) in [5, 5.41) is 17.7. The first-order valence-electron chi connectivity index (χ1n) is 8.43. The van der Waals surface area contributed by atoms with Crippen molar-refractivity contribution in [2.75, 3.05) is 26.3 Å². The number of rotatable bonds is 5. The maximum absolute atomic E-state index is 12.1. The highest BCUT2D eigenvalue weighted by atomic mass is 16.5. The lowest BCUT2D eigenvalue weighted by Gasteiger charge is -2.34. The van der Waals surface area contributed by atoms with E-state index in [-0.39, 0.29) is 18.0 Å². The molecule has 1 aliphatic heterocycles. The Morgan fingerprint density at radius 3 is 2.91 bits per heavy atom. The van der Waals surface area contributed by atoms with Gasteiger partial charge in [-0.25, -0.2) is 0 Å². The third-order valence-corrected chi connectivity index (χ3v) is 4.92. The van der Waals surface area contributed by atoms with Gasteiger partial charge in [-0.15, -0.1) is 0 Å². The van der Waals surface area contributed by atoms with Crippen molar-refractivity contribution in [3.05, 3.63) is 18.0 Å². The van der Waals surface area contributed by atoms with Crippen molar-refractivity contribution in [1.82, 2.24) is 20.0 Å². The Balaban J connectivity index is 1.46. The molecule has 0 bridgehead atoms. The molecule has 1 aromatic heterocycles. The van der Waals surface area contributed by atoms with Crippen LogP contribution in [-0.2, 0) is 16.1 Å². The summed E-state index contributed by atoms with van der Waals surface area (Å²) in [5.41, 5.74) is 1.05. The molecule has 23 heavy (non-hydrogen) atoms. The number of aromatic nitrogens is 2. The minimum Gasteiger partial charge on any atom is -0.389 e. The summed E-state index contributed by atoms with van der Waals surface area (Å²) in [7, 11) is 0. The molecule has 2 heterocycles. The van der Waals surface area contributed by atoms with Crippen LogP contribution in [0, 0.1) is 6.92 Å². The average Bonchev–Trinajstić information content (AvgIpc) is 3.13. The summed E-state index contributed by atoms with van der Waals surface area (Å²) in [6, 6.07) is 1.91. The van der Waals surface area contributed by atoms with Crippen molar-refractivity contribution < 1.29 is 14.6 Å². The highest BCUT2D eigenvalue weighted by Gasteiger charge is 2.39. The summed E-state index contributed by atoms with van der Waals surface area (Å²) in [4.78, 5) is 14.4. The molecule has 3 rings (SSSR count). The first-order chi connectivity index (χ1) is 11.1. The Morgan fingerprint density at radius 2 is 2.22 bits per heavy atom. The van der Waals surface area contributed by atoms with E-state index >= 15 is 0 Å². The van der Waals surface area contributed by atoms with Crippen molar-refractivity contribution in [2.24, 2.45) is 0 Å². The lowest BCUT2D eigenvalue weighted by molar-refractivity contribution is -0.123. The fourth-order valence-corrected chi connectivity index (χ4v) is 3.54. The number of morpholine rings is 1. The molecule has 0 unspecified atom stereocenters. The molecule has 3 atom stereocenters. The molecule has 1 amide bonds. The second-order valence-electron chi connectivity index (χ2n) is 6.40. The first kappa shape index (κ1) is 16.4. The molecule has 0 radical (unpaired) electrons. The molecule has 1 aliphatic carbocycles. The minimum absolute atomic E-state index is 0.0217. The molecule has 0 aromatic carbocycles. The third-order valence-electron chi connectivity index (χ3n) is 4.92. The zero-order valence-corrected chi connectivity index (χ0v) is 13.6. The number of hydrogen-bond donors (Lipinski definition) is 2. The normalized spacial score (nSPS) is 28.9. The Hall–Kier alpha value is -1.44. The van der Waals surface area contributed by atoms with Gasteiger partial charge in [0.05, 0.1) is 25.4 Å². The van der Waals surface area contributed by atoms with E-state index in [0.717, 1.165) is 44.8 Å². The monoisotopic (exact) mass is 322 g/mol. The van der Waals surface area contributed by atoms with Crippen molar-refractivity contribution in [3.63, 3.8) is 0 Å². The third kappa shape index (κ3) is 3.91. The predicted octanol–water partition coefficient (Wildman–Crippen LogP) is -0.0781. The van der Waals surface area contributed by atoms with Gasteiger partial charge in [0.25, 0.3) is 0 Å². The molecule has 2 fully saturated rings. The molecule has 2 aliphatic rings. The number of aliphatic hydroxyl groups excluding tert-OH is 1. The highest BCUT2D eigenvalue weighted by Crippen LogP contribution is 2.25. The maximum Gasteiger partial charge on any atom is 0.222 e. The molecule has 1 aromatic rings. The summed E-state index contributed by atoms with van der Waals surface area (Å²) in [5.74, 6) is -0.0217. The van der Waals surface area contributed by atoms with Crippen LogP contribution < -0.4 is 5.32 Å². The largest absolute Gasteiger partial charge is 0.389 e. The molecule has 0 spiro atoms. The Labute approximate surface area is 136 Å². The van der Waals surface area contributed by atoms with Gasteiger partial charge in [-0.3, -0.25) is 14.4 Å². The Bertz CT molecular complexity index is 527. The highest BCUT2D eigenvalue weighted by molar-refractivity contribution is 5.76. The summed E-state index contributed by atoms with van der Waals surface area (Å²) in [6.45, 7) is 5.72. The number of carbonyl (C=O) groups excluding carboxylic acids is 1. The van der Waals surface area contributed by atoms with Gasteiger partial charge in [0, 0.05) is 44.0 Å². The Kier molecular flexibility index (Phi) is 5.30. The molecule has 7 nitrogen and oxygen atoms in total. The second-order valence-corrected chi connectivity index (χ2v) is 6.40. The number of aliphatic hydroxyl groups is 1. The van der Waals surface area contributed by atoms with E-state index in [1.54, 1.807) is 6.20 Å². The van der Waals surface area contributed by atoms with Crippen molar-refractivity contribution >= 4 is 5.91 Å². The molecular weight excluding hydrogens is 296 g/mol. The molecular formula is C16H26N4O3. The molecule has 2 N–H and O–H groups in total. The van der Waals surface area contributed by atoms with Crippen LogP contribution in [-0.4, -0.2) is 70.2 Å². The van der Waals surface area contributed by atoms with E-state index < -0.39 is 6.10 Å². The van der Waals surface area contributed by atoms with E-state index in [4.69, 9.17) is 4.74 Å². The zero-order chi connectivity index (χ0) is 16.2. The predicted molar refractivity (Wildman–Crippen MR) is 84.9 cm³/mol. The van der Waals surface area contributed by atoms with Gasteiger partial charge in [0.15, 0.2) is 0 Å². The van der Waals surface area contributed by atoms with E-state index in [2.05, 4.69) is 15.3 Å². The topological polar surface area (TPSA) is 79.6 Å². The molecule has 7 heteroatoms. The fourth-order valence-electron chi connectivity index (χ4n) is 3.54. The molecule has 128 valence electrons. The van der Waals surface area contributed by atoms with Crippen LogP contribution in [0.1, 0.15) is 25.0 Å². The zero-order valence-electron chi connectivity index (χ0n) is 13.6. The van der Waals surface area contributed by atoms with Crippen LogP contribution in [0.15, 0.2) is 12.3 Å². The second kappa shape index (κ2) is 7.42. The summed E-state index contributed by atoms with van der Waals surface area (Å²) >= 11 is 0. The van der Waals surface area contributed by atoms with Gasteiger partial charge in [0.1, 0.15) is 0 Å². The average molecular weight is 322 g/mol. The number of nitrogens with one attached hydrogen (secondary N) is 1. The number of hydrogen-bond acceptors (Lipinski definition) is 5. The van der Waals surface area contributed by atoms with E-state index in [1.807, 2.05) is 17.7 Å². The van der Waals surface area contributed by atoms with Gasteiger partial charge >= 0.3 is 0 Å². The lowest BCUT2D eigenvalue weighted by atomic mass is 10.1. The van der Waals surface area contributed by atoms with E-state index in [9.17, 15) is 9.90 Å². The van der Waals surface area contributed by atoms with E-state index in [0.29, 0.717) is 13.0 Å². The van der Waals surface area contributed by atoms with Crippen molar-refractivity contribution in [2.45, 2.75) is 50.9 Å². The summed E-state index contributed by atoms with van der Waals surface area (Å²) in [6.07, 6.45) is 3.37. The lowest BCUT2D eigenvalue weighted by Crippen LogP contribution is -2.51. The Morgan fingerprint density at radius 1 is 1.43 bits per heavy atom. The number of nitrogens with zero attached hydrogens (tertiary/aromatic N) is 3. The van der Waals surface area contributed by atoms with Gasteiger partial charge in [0.2, 0.25) is 5.91 Å². The van der Waals surface area contributed by atoms with Crippen molar-refractivity contribution in [3.8, 4) is 0 Å². The SMILES string of the molecule is Cc1ccnn1CCC(=O)N[C@@H]1CC[C@@H](N2CCOCC2)[C@@H]1O. The van der Waals surface area contributed by atoms with Crippen LogP contribution >= 0.6 is 0 Å². The molecule has 1 saturated carbocycles. The number of aryl methyl sites for hydroxylation is 2. The van der Waals surface area contributed by atoms with Gasteiger partial charge in [-0.2, -0.15) is 5.10 Å². The van der Waals surface area contributed by atoms with Gasteiger partial charge in [-0.05, 0) is 25.8 Å².